The number of amides is 1. The summed E-state index contributed by atoms with van der Waals surface area (Å²) in [7, 11) is 0. The first-order valence-corrected chi connectivity index (χ1v) is 6.99. The third kappa shape index (κ3) is 10.3. The second-order valence-corrected chi connectivity index (χ2v) is 5.20. The number of carbonyl (C=O) groups excluding carboxylic acids is 2. The van der Waals surface area contributed by atoms with E-state index in [-0.39, 0.29) is 31.1 Å². The molecule has 2 N–H and O–H groups in total. The standard InChI is InChI=1S/C14H25NO5/c1-4-20-14(19)6-5-12(16)15-9-11(7-10(2)3)8-13(17)18/h10-11H,4-9H2,1-3H3,(H,15,16)(H,17,18)/t11-/m0/s1. The van der Waals surface area contributed by atoms with Gasteiger partial charge in [0.25, 0.3) is 0 Å². The predicted molar refractivity (Wildman–Crippen MR) is 74.1 cm³/mol. The molecule has 0 rings (SSSR count). The highest BCUT2D eigenvalue weighted by atomic mass is 16.5. The molecule has 0 spiro atoms. The van der Waals surface area contributed by atoms with Crippen LogP contribution in [0.5, 0.6) is 0 Å². The van der Waals surface area contributed by atoms with Crippen LogP contribution in [0, 0.1) is 11.8 Å². The molecule has 0 aliphatic rings. The average Bonchev–Trinajstić information content (AvgIpc) is 2.32. The van der Waals surface area contributed by atoms with E-state index in [0.29, 0.717) is 19.1 Å². The number of hydrogen-bond donors (Lipinski definition) is 2. The van der Waals surface area contributed by atoms with E-state index in [9.17, 15) is 14.4 Å². The molecule has 0 aromatic carbocycles. The van der Waals surface area contributed by atoms with Gasteiger partial charge in [-0.15, -0.1) is 0 Å². The first-order chi connectivity index (χ1) is 9.35. The van der Waals surface area contributed by atoms with Crippen molar-refractivity contribution in [2.45, 2.75) is 46.5 Å². The van der Waals surface area contributed by atoms with Crippen LogP contribution < -0.4 is 5.32 Å². The minimum absolute atomic E-state index is 0.0380. The Morgan fingerprint density at radius 3 is 2.35 bits per heavy atom. The van der Waals surface area contributed by atoms with Crippen LogP contribution in [0.2, 0.25) is 0 Å². The van der Waals surface area contributed by atoms with Crippen LogP contribution in [0.4, 0.5) is 0 Å². The summed E-state index contributed by atoms with van der Waals surface area (Å²) in [5.41, 5.74) is 0. The number of carboxylic acids is 1. The van der Waals surface area contributed by atoms with Gasteiger partial charge < -0.3 is 15.2 Å². The molecule has 1 amide bonds. The molecule has 6 nitrogen and oxygen atoms in total. The minimum atomic E-state index is -0.864. The van der Waals surface area contributed by atoms with Crippen molar-refractivity contribution in [3.8, 4) is 0 Å². The highest BCUT2D eigenvalue weighted by molar-refractivity contribution is 5.81. The average molecular weight is 287 g/mol. The molecule has 6 heteroatoms. The quantitative estimate of drug-likeness (QED) is 0.595. The van der Waals surface area contributed by atoms with Gasteiger partial charge in [0.1, 0.15) is 0 Å². The Hall–Kier alpha value is -1.59. The zero-order chi connectivity index (χ0) is 15.5. The van der Waals surface area contributed by atoms with Gasteiger partial charge in [-0.05, 0) is 25.2 Å². The van der Waals surface area contributed by atoms with Crippen LogP contribution >= 0.6 is 0 Å². The monoisotopic (exact) mass is 287 g/mol. The molecule has 0 unspecified atom stereocenters. The summed E-state index contributed by atoms with van der Waals surface area (Å²) in [6.45, 7) is 6.36. The summed E-state index contributed by atoms with van der Waals surface area (Å²) in [6.07, 6.45) is 0.897. The topological polar surface area (TPSA) is 92.7 Å². The fourth-order valence-electron chi connectivity index (χ4n) is 1.95. The number of hydrogen-bond acceptors (Lipinski definition) is 4. The van der Waals surface area contributed by atoms with Crippen molar-refractivity contribution in [3.63, 3.8) is 0 Å². The Morgan fingerprint density at radius 1 is 1.20 bits per heavy atom. The van der Waals surface area contributed by atoms with E-state index in [2.05, 4.69) is 5.32 Å². The Labute approximate surface area is 119 Å². The second-order valence-electron chi connectivity index (χ2n) is 5.20. The normalized spacial score (nSPS) is 12.0. The van der Waals surface area contributed by atoms with Gasteiger partial charge in [-0.25, -0.2) is 0 Å². The third-order valence-electron chi connectivity index (χ3n) is 2.72. The zero-order valence-electron chi connectivity index (χ0n) is 12.5. The van der Waals surface area contributed by atoms with E-state index in [1.165, 1.54) is 0 Å². The summed E-state index contributed by atoms with van der Waals surface area (Å²) in [4.78, 5) is 33.4. The number of aliphatic carboxylic acids is 1. The Bertz CT molecular complexity index is 328. The Morgan fingerprint density at radius 2 is 1.85 bits per heavy atom. The van der Waals surface area contributed by atoms with Crippen LogP contribution in [0.15, 0.2) is 0 Å². The molecule has 1 atom stereocenters. The van der Waals surface area contributed by atoms with Gasteiger partial charge in [-0.3, -0.25) is 14.4 Å². The van der Waals surface area contributed by atoms with Gasteiger partial charge in [0.2, 0.25) is 5.91 Å². The second kappa shape index (κ2) is 10.2. The molecule has 0 aromatic rings. The van der Waals surface area contributed by atoms with Crippen molar-refractivity contribution < 1.29 is 24.2 Å². The van der Waals surface area contributed by atoms with Crippen LogP contribution in [0.25, 0.3) is 0 Å². The van der Waals surface area contributed by atoms with Crippen molar-refractivity contribution in [3.05, 3.63) is 0 Å². The molecule has 0 saturated carbocycles. The Kier molecular flexibility index (Phi) is 9.41. The first-order valence-electron chi connectivity index (χ1n) is 6.99. The van der Waals surface area contributed by atoms with Crippen molar-refractivity contribution in [1.29, 1.82) is 0 Å². The van der Waals surface area contributed by atoms with Gasteiger partial charge in [-0.2, -0.15) is 0 Å². The molecule has 20 heavy (non-hydrogen) atoms. The molecular formula is C14H25NO5. The number of ether oxygens (including phenoxy) is 1. The van der Waals surface area contributed by atoms with Gasteiger partial charge >= 0.3 is 11.9 Å². The van der Waals surface area contributed by atoms with E-state index in [1.807, 2.05) is 13.8 Å². The van der Waals surface area contributed by atoms with E-state index in [1.54, 1.807) is 6.92 Å². The maximum absolute atomic E-state index is 11.6. The number of rotatable bonds is 10. The van der Waals surface area contributed by atoms with Gasteiger partial charge in [0.15, 0.2) is 0 Å². The molecule has 0 bridgehead atoms. The van der Waals surface area contributed by atoms with Crippen LogP contribution in [-0.2, 0) is 19.1 Å². The maximum Gasteiger partial charge on any atom is 0.306 e. The smallest absolute Gasteiger partial charge is 0.306 e. The molecular weight excluding hydrogens is 262 g/mol. The lowest BCUT2D eigenvalue weighted by molar-refractivity contribution is -0.144. The maximum atomic E-state index is 11.6. The molecule has 0 aliphatic carbocycles. The first kappa shape index (κ1) is 18.4. The molecule has 0 heterocycles. The van der Waals surface area contributed by atoms with Crippen LogP contribution in [0.1, 0.15) is 46.5 Å². The SMILES string of the molecule is CCOC(=O)CCC(=O)NC[C@H](CC(=O)O)CC(C)C. The van der Waals surface area contributed by atoms with E-state index in [4.69, 9.17) is 9.84 Å². The lowest BCUT2D eigenvalue weighted by Crippen LogP contribution is -2.31. The highest BCUT2D eigenvalue weighted by Gasteiger charge is 2.16. The molecule has 0 aliphatic heterocycles. The van der Waals surface area contributed by atoms with Crippen LogP contribution in [-0.4, -0.2) is 36.1 Å². The molecule has 0 saturated heterocycles. The molecule has 0 fully saturated rings. The Balaban J connectivity index is 4.03. The van der Waals surface area contributed by atoms with E-state index in [0.717, 1.165) is 6.42 Å². The summed E-state index contributed by atoms with van der Waals surface area (Å²) in [6, 6.07) is 0. The van der Waals surface area contributed by atoms with Gasteiger partial charge in [0.05, 0.1) is 13.0 Å². The fourth-order valence-corrected chi connectivity index (χ4v) is 1.95. The van der Waals surface area contributed by atoms with E-state index < -0.39 is 11.9 Å². The van der Waals surface area contributed by atoms with Crippen LogP contribution in [0.3, 0.4) is 0 Å². The number of nitrogens with one attached hydrogen (secondary N) is 1. The number of carbonyl (C=O) groups is 3. The van der Waals surface area contributed by atoms with Gasteiger partial charge in [-0.1, -0.05) is 13.8 Å². The van der Waals surface area contributed by atoms with E-state index >= 15 is 0 Å². The summed E-state index contributed by atoms with van der Waals surface area (Å²) in [5.74, 6) is -1.23. The zero-order valence-corrected chi connectivity index (χ0v) is 12.5. The highest BCUT2D eigenvalue weighted by Crippen LogP contribution is 2.14. The fraction of sp³-hybridized carbons (Fsp3) is 0.786. The summed E-state index contributed by atoms with van der Waals surface area (Å²) >= 11 is 0. The lowest BCUT2D eigenvalue weighted by atomic mass is 9.94. The van der Waals surface area contributed by atoms with Crippen molar-refractivity contribution >= 4 is 17.8 Å². The molecule has 0 radical (unpaired) electrons. The van der Waals surface area contributed by atoms with Gasteiger partial charge in [0, 0.05) is 19.4 Å². The predicted octanol–water partition coefficient (Wildman–Crippen LogP) is 1.58. The van der Waals surface area contributed by atoms with Crippen molar-refractivity contribution in [2.75, 3.05) is 13.2 Å². The van der Waals surface area contributed by atoms with Crippen molar-refractivity contribution in [2.24, 2.45) is 11.8 Å². The minimum Gasteiger partial charge on any atom is -0.481 e. The molecule has 0 aromatic heterocycles. The largest absolute Gasteiger partial charge is 0.481 e. The molecule has 116 valence electrons. The lowest BCUT2D eigenvalue weighted by Gasteiger charge is -2.17. The third-order valence-corrected chi connectivity index (χ3v) is 2.72. The number of esters is 1. The van der Waals surface area contributed by atoms with Crippen molar-refractivity contribution in [1.82, 2.24) is 5.32 Å². The summed E-state index contributed by atoms with van der Waals surface area (Å²) in [5, 5.41) is 11.5. The number of carboxylic acid groups (broad SMARTS) is 1. The summed E-state index contributed by atoms with van der Waals surface area (Å²) < 4.78 is 4.73.